The van der Waals surface area contributed by atoms with Gasteiger partial charge < -0.3 is 15.5 Å². The highest BCUT2D eigenvalue weighted by Gasteiger charge is 2.30. The smallest absolute Gasteiger partial charge is 0.416 e. The molecule has 0 amide bonds. The van der Waals surface area contributed by atoms with Crippen molar-refractivity contribution in [3.63, 3.8) is 0 Å². The minimum absolute atomic E-state index is 0.0815. The summed E-state index contributed by atoms with van der Waals surface area (Å²) in [5.41, 5.74) is 5.63. The first-order valence-corrected chi connectivity index (χ1v) is 7.84. The number of anilines is 2. The number of halogens is 3. The second kappa shape index (κ2) is 6.99. The van der Waals surface area contributed by atoms with Gasteiger partial charge in [-0.15, -0.1) is 0 Å². The first-order valence-electron chi connectivity index (χ1n) is 7.84. The van der Waals surface area contributed by atoms with Gasteiger partial charge in [0.05, 0.1) is 17.9 Å². The van der Waals surface area contributed by atoms with E-state index < -0.39 is 17.8 Å². The highest BCUT2D eigenvalue weighted by molar-refractivity contribution is 5.71. The number of furan rings is 1. The van der Waals surface area contributed by atoms with E-state index in [1.54, 1.807) is 25.1 Å². The molecule has 0 saturated carbocycles. The molecule has 0 aliphatic carbocycles. The number of rotatable bonds is 4. The van der Waals surface area contributed by atoms with Gasteiger partial charge in [-0.1, -0.05) is 12.1 Å². The summed E-state index contributed by atoms with van der Waals surface area (Å²) in [6.45, 7) is 1.65. The van der Waals surface area contributed by atoms with Crippen LogP contribution in [0.2, 0.25) is 0 Å². The molecule has 2 heterocycles. The third-order valence-corrected chi connectivity index (χ3v) is 3.86. The fourth-order valence-electron chi connectivity index (χ4n) is 2.55. The van der Waals surface area contributed by atoms with Crippen LogP contribution in [0.5, 0.6) is 0 Å². The second-order valence-corrected chi connectivity index (χ2v) is 5.73. The number of nitrogens with two attached hydrogens (primary N) is 1. The molecule has 6 nitrogen and oxygen atoms in total. The molecule has 2 aromatic heterocycles. The zero-order valence-corrected chi connectivity index (χ0v) is 14.1. The molecular weight excluding hydrogens is 359 g/mol. The molecule has 0 radical (unpaired) electrons. The van der Waals surface area contributed by atoms with Gasteiger partial charge in [0.15, 0.2) is 11.6 Å². The molecule has 3 aromatic rings. The van der Waals surface area contributed by atoms with Gasteiger partial charge in [0.2, 0.25) is 5.95 Å². The van der Waals surface area contributed by atoms with Gasteiger partial charge in [-0.2, -0.15) is 23.4 Å². The molecule has 9 heteroatoms. The van der Waals surface area contributed by atoms with E-state index >= 15 is 0 Å². The summed E-state index contributed by atoms with van der Waals surface area (Å²) < 4.78 is 44.1. The summed E-state index contributed by atoms with van der Waals surface area (Å²) >= 11 is 0. The molecule has 3 rings (SSSR count). The van der Waals surface area contributed by atoms with Crippen LogP contribution in [0.15, 0.2) is 47.1 Å². The number of hydrogen-bond acceptors (Lipinski definition) is 6. The van der Waals surface area contributed by atoms with E-state index in [1.165, 1.54) is 12.3 Å². The Hall–Kier alpha value is -3.54. The van der Waals surface area contributed by atoms with Crippen LogP contribution in [0.4, 0.5) is 24.9 Å². The number of aromatic nitrogens is 2. The van der Waals surface area contributed by atoms with Crippen molar-refractivity contribution in [2.75, 3.05) is 11.1 Å². The number of benzene rings is 1. The Morgan fingerprint density at radius 3 is 2.63 bits per heavy atom. The van der Waals surface area contributed by atoms with Crippen LogP contribution in [0.25, 0.3) is 11.5 Å². The highest BCUT2D eigenvalue weighted by atomic mass is 19.4. The normalized spacial score (nSPS) is 12.4. The van der Waals surface area contributed by atoms with Crippen LogP contribution in [-0.2, 0) is 6.18 Å². The Bertz CT molecular complexity index is 993. The quantitative estimate of drug-likeness (QED) is 0.704. The fraction of sp³-hybridized carbons (Fsp3) is 0.167. The molecule has 0 fully saturated rings. The van der Waals surface area contributed by atoms with E-state index in [2.05, 4.69) is 15.3 Å². The molecule has 1 unspecified atom stereocenters. The van der Waals surface area contributed by atoms with Crippen LogP contribution in [-0.4, -0.2) is 9.97 Å². The van der Waals surface area contributed by atoms with Gasteiger partial charge in [0.1, 0.15) is 17.3 Å². The standard InChI is InChI=1S/C18H14F3N5O/c1-10(11-4-2-5-12(8-11)18(19,20)21)24-16-13(9-22)15(25-17(23)26-16)14-6-3-7-27-14/h2-8,10H,1H3,(H3,23,24,25,26). The van der Waals surface area contributed by atoms with Crippen molar-refractivity contribution >= 4 is 11.8 Å². The highest BCUT2D eigenvalue weighted by Crippen LogP contribution is 2.32. The van der Waals surface area contributed by atoms with Gasteiger partial charge in [-0.25, -0.2) is 4.98 Å². The summed E-state index contributed by atoms with van der Waals surface area (Å²) in [5.74, 6) is 0.343. The molecule has 0 bridgehead atoms. The van der Waals surface area contributed by atoms with E-state index in [0.717, 1.165) is 12.1 Å². The van der Waals surface area contributed by atoms with E-state index in [9.17, 15) is 18.4 Å². The number of nitriles is 1. The van der Waals surface area contributed by atoms with E-state index in [0.29, 0.717) is 11.3 Å². The van der Waals surface area contributed by atoms with E-state index in [-0.39, 0.29) is 23.0 Å². The van der Waals surface area contributed by atoms with Crippen molar-refractivity contribution in [3.8, 4) is 17.5 Å². The minimum Gasteiger partial charge on any atom is -0.463 e. The maximum Gasteiger partial charge on any atom is 0.416 e. The van der Waals surface area contributed by atoms with Crippen molar-refractivity contribution in [2.24, 2.45) is 0 Å². The second-order valence-electron chi connectivity index (χ2n) is 5.73. The number of nitrogens with one attached hydrogen (secondary N) is 1. The van der Waals surface area contributed by atoms with Gasteiger partial charge in [-0.05, 0) is 36.8 Å². The van der Waals surface area contributed by atoms with Crippen LogP contribution in [0.3, 0.4) is 0 Å². The average molecular weight is 373 g/mol. The van der Waals surface area contributed by atoms with Gasteiger partial charge in [0, 0.05) is 0 Å². The lowest BCUT2D eigenvalue weighted by molar-refractivity contribution is -0.137. The van der Waals surface area contributed by atoms with Gasteiger partial charge >= 0.3 is 6.18 Å². The van der Waals surface area contributed by atoms with Crippen molar-refractivity contribution in [3.05, 3.63) is 59.4 Å². The number of nitrogen functional groups attached to an aromatic ring is 1. The van der Waals surface area contributed by atoms with Crippen LogP contribution >= 0.6 is 0 Å². The zero-order chi connectivity index (χ0) is 19.6. The van der Waals surface area contributed by atoms with Crippen LogP contribution < -0.4 is 11.1 Å². The lowest BCUT2D eigenvalue weighted by Gasteiger charge is -2.18. The fourth-order valence-corrected chi connectivity index (χ4v) is 2.55. The topological polar surface area (TPSA) is 101 Å². The Balaban J connectivity index is 1.98. The predicted molar refractivity (Wildman–Crippen MR) is 92.3 cm³/mol. The van der Waals surface area contributed by atoms with Gasteiger partial charge in [-0.3, -0.25) is 0 Å². The van der Waals surface area contributed by atoms with Crippen LogP contribution in [0.1, 0.15) is 29.7 Å². The van der Waals surface area contributed by atoms with Crippen LogP contribution in [0, 0.1) is 11.3 Å². The lowest BCUT2D eigenvalue weighted by Crippen LogP contribution is -2.13. The molecule has 1 atom stereocenters. The third kappa shape index (κ3) is 3.84. The van der Waals surface area contributed by atoms with E-state index in [4.69, 9.17) is 10.2 Å². The molecule has 27 heavy (non-hydrogen) atoms. The lowest BCUT2D eigenvalue weighted by atomic mass is 10.0. The number of alkyl halides is 3. The Morgan fingerprint density at radius 2 is 2.00 bits per heavy atom. The summed E-state index contributed by atoms with van der Waals surface area (Å²) in [6, 6.07) is 9.58. The molecule has 0 aliphatic rings. The van der Waals surface area contributed by atoms with Crippen molar-refractivity contribution in [1.82, 2.24) is 9.97 Å². The first kappa shape index (κ1) is 18.3. The summed E-state index contributed by atoms with van der Waals surface area (Å²) in [5, 5.41) is 12.5. The summed E-state index contributed by atoms with van der Waals surface area (Å²) in [6.07, 6.45) is -3.02. The SMILES string of the molecule is CC(Nc1nc(N)nc(-c2ccco2)c1C#N)c1cccc(C(F)(F)F)c1. The molecule has 0 aliphatic heterocycles. The summed E-state index contributed by atoms with van der Waals surface area (Å²) in [4.78, 5) is 8.06. The van der Waals surface area contributed by atoms with Crippen molar-refractivity contribution in [2.45, 2.75) is 19.1 Å². The number of nitrogens with zero attached hydrogens (tertiary/aromatic N) is 3. The average Bonchev–Trinajstić information content (AvgIpc) is 3.15. The molecular formula is C18H14F3N5O. The first-order chi connectivity index (χ1) is 12.8. The monoisotopic (exact) mass is 373 g/mol. The minimum atomic E-state index is -4.45. The molecule has 0 spiro atoms. The Kier molecular flexibility index (Phi) is 4.73. The maximum atomic E-state index is 12.9. The number of hydrogen-bond donors (Lipinski definition) is 2. The Morgan fingerprint density at radius 1 is 1.22 bits per heavy atom. The van der Waals surface area contributed by atoms with Crippen molar-refractivity contribution in [1.29, 1.82) is 5.26 Å². The van der Waals surface area contributed by atoms with E-state index in [1.807, 2.05) is 6.07 Å². The molecule has 1 aromatic carbocycles. The summed E-state index contributed by atoms with van der Waals surface area (Å²) in [7, 11) is 0. The zero-order valence-electron chi connectivity index (χ0n) is 14.1. The third-order valence-electron chi connectivity index (χ3n) is 3.86. The van der Waals surface area contributed by atoms with Gasteiger partial charge in [0.25, 0.3) is 0 Å². The molecule has 3 N–H and O–H groups in total. The molecule has 138 valence electrons. The largest absolute Gasteiger partial charge is 0.463 e. The Labute approximate surface area is 152 Å². The van der Waals surface area contributed by atoms with Crippen molar-refractivity contribution < 1.29 is 17.6 Å². The molecule has 0 saturated heterocycles. The predicted octanol–water partition coefficient (Wildman–Crippen LogP) is 4.38. The maximum absolute atomic E-state index is 12.9.